The smallest absolute Gasteiger partial charge is 0.278 e. The summed E-state index contributed by atoms with van der Waals surface area (Å²) >= 11 is 0. The van der Waals surface area contributed by atoms with Crippen molar-refractivity contribution in [2.24, 2.45) is 0 Å². The van der Waals surface area contributed by atoms with Gasteiger partial charge >= 0.3 is 0 Å². The second-order valence-electron chi connectivity index (χ2n) is 7.93. The zero-order valence-electron chi connectivity index (χ0n) is 16.5. The Hall–Kier alpha value is -2.32. The van der Waals surface area contributed by atoms with Gasteiger partial charge in [0.15, 0.2) is 0 Å². The molecular weight excluding hydrogens is 358 g/mol. The Morgan fingerprint density at radius 3 is 2.75 bits per heavy atom. The Labute approximate surface area is 164 Å². The number of likely N-dealkylation sites (tertiary alicyclic amines) is 1. The Balaban J connectivity index is 1.45. The number of morpholine rings is 1. The van der Waals surface area contributed by atoms with Crippen molar-refractivity contribution < 1.29 is 9.53 Å². The summed E-state index contributed by atoms with van der Waals surface area (Å²) in [4.78, 5) is 29.9. The lowest BCUT2D eigenvalue weighted by molar-refractivity contribution is -0.134. The van der Waals surface area contributed by atoms with Gasteiger partial charge in [-0.3, -0.25) is 14.5 Å². The second kappa shape index (κ2) is 7.97. The molecule has 2 saturated heterocycles. The van der Waals surface area contributed by atoms with Gasteiger partial charge in [-0.05, 0) is 38.8 Å². The van der Waals surface area contributed by atoms with Crippen LogP contribution in [0.2, 0.25) is 0 Å². The first-order valence-corrected chi connectivity index (χ1v) is 10.0. The molecule has 2 fully saturated rings. The summed E-state index contributed by atoms with van der Waals surface area (Å²) in [6.45, 7) is 7.47. The number of aromatic nitrogens is 3. The molecule has 8 heteroatoms. The third kappa shape index (κ3) is 3.93. The summed E-state index contributed by atoms with van der Waals surface area (Å²) in [6, 6.07) is 7.24. The van der Waals surface area contributed by atoms with Gasteiger partial charge in [0.25, 0.3) is 5.56 Å². The molecule has 3 atom stereocenters. The fraction of sp³-hybridized carbons (Fsp3) is 0.600. The molecule has 2 aromatic rings. The molecule has 8 nitrogen and oxygen atoms in total. The lowest BCUT2D eigenvalue weighted by Crippen LogP contribution is -2.51. The number of carbonyl (C=O) groups excluding carboxylic acids is 1. The third-order valence-electron chi connectivity index (χ3n) is 5.58. The van der Waals surface area contributed by atoms with E-state index in [2.05, 4.69) is 29.1 Å². The Bertz CT molecular complexity index is 904. The third-order valence-corrected chi connectivity index (χ3v) is 5.58. The maximum atomic E-state index is 12.9. The van der Waals surface area contributed by atoms with E-state index in [0.29, 0.717) is 10.9 Å². The van der Waals surface area contributed by atoms with E-state index >= 15 is 0 Å². The molecule has 2 aliphatic heterocycles. The zero-order valence-corrected chi connectivity index (χ0v) is 16.5. The van der Waals surface area contributed by atoms with Crippen molar-refractivity contribution in [1.82, 2.24) is 24.8 Å². The van der Waals surface area contributed by atoms with Gasteiger partial charge in [0, 0.05) is 32.2 Å². The molecule has 4 rings (SSSR count). The van der Waals surface area contributed by atoms with E-state index in [4.69, 9.17) is 4.74 Å². The van der Waals surface area contributed by atoms with Crippen LogP contribution >= 0.6 is 0 Å². The number of hydrogen-bond donors (Lipinski definition) is 0. The highest BCUT2D eigenvalue weighted by molar-refractivity contribution is 5.78. The van der Waals surface area contributed by atoms with E-state index in [1.54, 1.807) is 18.2 Å². The minimum absolute atomic E-state index is 0.0662. The number of amides is 1. The molecule has 0 unspecified atom stereocenters. The van der Waals surface area contributed by atoms with Crippen LogP contribution in [0.1, 0.15) is 26.7 Å². The van der Waals surface area contributed by atoms with Crippen LogP contribution in [-0.4, -0.2) is 75.1 Å². The van der Waals surface area contributed by atoms with Gasteiger partial charge in [-0.25, -0.2) is 4.68 Å². The van der Waals surface area contributed by atoms with Crippen LogP contribution in [0.15, 0.2) is 29.1 Å². The lowest BCUT2D eigenvalue weighted by atomic mass is 10.1. The summed E-state index contributed by atoms with van der Waals surface area (Å²) < 4.78 is 6.99. The van der Waals surface area contributed by atoms with Crippen molar-refractivity contribution in [3.63, 3.8) is 0 Å². The Morgan fingerprint density at radius 1 is 1.21 bits per heavy atom. The van der Waals surface area contributed by atoms with Crippen molar-refractivity contribution in [1.29, 1.82) is 0 Å². The summed E-state index contributed by atoms with van der Waals surface area (Å²) in [6.07, 6.45) is 2.40. The SMILES string of the molecule is C[C@@H]1CN(C[C@@H]2CCCN2C(=O)Cn2nnc3ccccc3c2=O)C[C@H](C)O1. The number of rotatable bonds is 4. The average Bonchev–Trinajstić information content (AvgIpc) is 3.11. The van der Waals surface area contributed by atoms with E-state index in [9.17, 15) is 9.59 Å². The molecule has 0 radical (unpaired) electrons. The van der Waals surface area contributed by atoms with Gasteiger partial charge in [0.05, 0.1) is 17.6 Å². The van der Waals surface area contributed by atoms with Gasteiger partial charge in [-0.2, -0.15) is 0 Å². The number of carbonyl (C=O) groups is 1. The van der Waals surface area contributed by atoms with Crippen molar-refractivity contribution >= 4 is 16.8 Å². The molecule has 0 saturated carbocycles. The second-order valence-corrected chi connectivity index (χ2v) is 7.93. The van der Waals surface area contributed by atoms with Crippen molar-refractivity contribution in [2.75, 3.05) is 26.2 Å². The molecule has 1 aromatic carbocycles. The molecule has 0 spiro atoms. The Kier molecular flexibility index (Phi) is 5.41. The predicted molar refractivity (Wildman–Crippen MR) is 105 cm³/mol. The summed E-state index contributed by atoms with van der Waals surface area (Å²) in [5.41, 5.74) is 0.274. The fourth-order valence-electron chi connectivity index (χ4n) is 4.43. The van der Waals surface area contributed by atoms with Gasteiger partial charge in [-0.1, -0.05) is 17.3 Å². The monoisotopic (exact) mass is 385 g/mol. The Morgan fingerprint density at radius 2 is 1.96 bits per heavy atom. The molecule has 1 aromatic heterocycles. The fourth-order valence-corrected chi connectivity index (χ4v) is 4.43. The number of ether oxygens (including phenoxy) is 1. The van der Waals surface area contributed by atoms with Crippen LogP contribution < -0.4 is 5.56 Å². The van der Waals surface area contributed by atoms with Gasteiger partial charge in [0.2, 0.25) is 5.91 Å². The molecule has 150 valence electrons. The number of nitrogens with zero attached hydrogens (tertiary/aromatic N) is 5. The van der Waals surface area contributed by atoms with Crippen LogP contribution in [0.25, 0.3) is 10.9 Å². The molecule has 0 aliphatic carbocycles. The topological polar surface area (TPSA) is 80.6 Å². The number of fused-ring (bicyclic) bond motifs is 1. The molecule has 28 heavy (non-hydrogen) atoms. The first kappa shape index (κ1) is 19.0. The van der Waals surface area contributed by atoms with E-state index in [1.165, 1.54) is 4.68 Å². The molecule has 0 N–H and O–H groups in total. The zero-order chi connectivity index (χ0) is 19.7. The highest BCUT2D eigenvalue weighted by Gasteiger charge is 2.32. The molecule has 1 amide bonds. The summed E-state index contributed by atoms with van der Waals surface area (Å²) in [5, 5.41) is 8.51. The lowest BCUT2D eigenvalue weighted by Gasteiger charge is -2.38. The van der Waals surface area contributed by atoms with Crippen LogP contribution in [0.4, 0.5) is 0 Å². The van der Waals surface area contributed by atoms with Gasteiger partial charge in [0.1, 0.15) is 12.1 Å². The van der Waals surface area contributed by atoms with E-state index in [-0.39, 0.29) is 36.3 Å². The molecule has 0 bridgehead atoms. The van der Waals surface area contributed by atoms with E-state index < -0.39 is 0 Å². The molecular formula is C20H27N5O3. The van der Waals surface area contributed by atoms with Gasteiger partial charge < -0.3 is 9.64 Å². The maximum Gasteiger partial charge on any atom is 0.278 e. The van der Waals surface area contributed by atoms with Crippen LogP contribution in [0, 0.1) is 0 Å². The minimum Gasteiger partial charge on any atom is -0.373 e. The maximum absolute atomic E-state index is 12.9. The normalized spacial score (nSPS) is 26.1. The van der Waals surface area contributed by atoms with Crippen molar-refractivity contribution in [3.05, 3.63) is 34.6 Å². The minimum atomic E-state index is -0.273. The standard InChI is InChI=1S/C20H27N5O3/c1-14-10-23(11-15(2)28-14)12-16-6-5-9-24(16)19(26)13-25-20(27)17-7-3-4-8-18(17)21-22-25/h3-4,7-8,14-16H,5-6,9-13H2,1-2H3/t14-,15+,16-/m0/s1. The largest absolute Gasteiger partial charge is 0.373 e. The van der Waals surface area contributed by atoms with Crippen molar-refractivity contribution in [2.45, 2.75) is 51.5 Å². The molecule has 2 aliphatic rings. The summed E-state index contributed by atoms with van der Waals surface area (Å²) in [7, 11) is 0. The van der Waals surface area contributed by atoms with E-state index in [1.807, 2.05) is 11.0 Å². The van der Waals surface area contributed by atoms with Gasteiger partial charge in [-0.15, -0.1) is 5.10 Å². The van der Waals surface area contributed by atoms with Crippen LogP contribution in [0.3, 0.4) is 0 Å². The van der Waals surface area contributed by atoms with Crippen LogP contribution in [-0.2, 0) is 16.1 Å². The number of hydrogen-bond acceptors (Lipinski definition) is 6. The van der Waals surface area contributed by atoms with Crippen molar-refractivity contribution in [3.8, 4) is 0 Å². The quantitative estimate of drug-likeness (QED) is 0.778. The van der Waals surface area contributed by atoms with E-state index in [0.717, 1.165) is 39.0 Å². The first-order chi connectivity index (χ1) is 13.5. The average molecular weight is 385 g/mol. The molecule has 3 heterocycles. The highest BCUT2D eigenvalue weighted by Crippen LogP contribution is 2.21. The number of benzene rings is 1. The highest BCUT2D eigenvalue weighted by atomic mass is 16.5. The first-order valence-electron chi connectivity index (χ1n) is 10.0. The predicted octanol–water partition coefficient (Wildman–Crippen LogP) is 0.892. The summed E-state index contributed by atoms with van der Waals surface area (Å²) in [5.74, 6) is -0.0662. The van der Waals surface area contributed by atoms with Crippen LogP contribution in [0.5, 0.6) is 0 Å².